The molecule has 1 atom stereocenters. The molecule has 1 aliphatic rings. The highest BCUT2D eigenvalue weighted by Gasteiger charge is 2.29. The average Bonchev–Trinajstić information content (AvgIpc) is 3.10. The van der Waals surface area contributed by atoms with Crippen LogP contribution < -0.4 is 20.7 Å². The lowest BCUT2D eigenvalue weighted by atomic mass is 10.1. The number of nitrogens with one attached hydrogen (secondary N) is 3. The minimum absolute atomic E-state index is 0.130. The molecule has 3 N–H and O–H groups in total. The van der Waals surface area contributed by atoms with Gasteiger partial charge in [-0.3, -0.25) is 14.4 Å². The van der Waals surface area contributed by atoms with E-state index in [0.717, 1.165) is 16.7 Å². The van der Waals surface area contributed by atoms with E-state index < -0.39 is 11.9 Å². The number of para-hydroxylation sites is 1. The molecule has 0 saturated heterocycles. The molecule has 2 heterocycles. The summed E-state index contributed by atoms with van der Waals surface area (Å²) in [6.07, 6.45) is 1.82. The molecule has 154 valence electrons. The predicted molar refractivity (Wildman–Crippen MR) is 112 cm³/mol. The van der Waals surface area contributed by atoms with Crippen LogP contribution in [0.15, 0.2) is 54.7 Å². The predicted octanol–water partition coefficient (Wildman–Crippen LogP) is 1.91. The summed E-state index contributed by atoms with van der Waals surface area (Å²) in [5.41, 5.74) is 1.86. The zero-order valence-corrected chi connectivity index (χ0v) is 16.5. The highest BCUT2D eigenvalue weighted by Crippen LogP contribution is 2.22. The third kappa shape index (κ3) is 3.98. The number of carbonyl (C=O) groups excluding carboxylic acids is 3. The molecule has 3 amide bonds. The first-order valence-corrected chi connectivity index (χ1v) is 9.65. The summed E-state index contributed by atoms with van der Waals surface area (Å²) >= 11 is 0. The van der Waals surface area contributed by atoms with Crippen molar-refractivity contribution in [3.05, 3.63) is 60.3 Å². The van der Waals surface area contributed by atoms with E-state index in [-0.39, 0.29) is 18.2 Å². The lowest BCUT2D eigenvalue weighted by Crippen LogP contribution is -2.44. The second kappa shape index (κ2) is 8.28. The van der Waals surface area contributed by atoms with Crippen LogP contribution in [0.3, 0.4) is 0 Å². The summed E-state index contributed by atoms with van der Waals surface area (Å²) in [7, 11) is 1.63. The van der Waals surface area contributed by atoms with Crippen molar-refractivity contribution in [3.63, 3.8) is 0 Å². The number of anilines is 1. The lowest BCUT2D eigenvalue weighted by Gasteiger charge is -2.14. The zero-order chi connectivity index (χ0) is 21.1. The Morgan fingerprint density at radius 1 is 1.17 bits per heavy atom. The Labute approximate surface area is 173 Å². The maximum absolute atomic E-state index is 12.4. The molecule has 4 rings (SSSR count). The maximum Gasteiger partial charge on any atom is 0.254 e. The normalized spacial score (nSPS) is 15.7. The van der Waals surface area contributed by atoms with E-state index in [9.17, 15) is 14.4 Å². The number of amides is 3. The molecule has 2 aromatic carbocycles. The Bertz CT molecular complexity index is 1120. The molecule has 0 aliphatic carbocycles. The monoisotopic (exact) mass is 406 g/mol. The number of carbonyl (C=O) groups is 3. The number of hydrogen-bond acceptors (Lipinski definition) is 4. The van der Waals surface area contributed by atoms with Crippen LogP contribution in [0.2, 0.25) is 0 Å². The number of methoxy groups -OCH3 is 1. The minimum atomic E-state index is -0.926. The molecule has 0 radical (unpaired) electrons. The second-order valence-electron chi connectivity index (χ2n) is 7.05. The minimum Gasteiger partial charge on any atom is -0.497 e. The summed E-state index contributed by atoms with van der Waals surface area (Å²) in [6.45, 7) is 0.980. The van der Waals surface area contributed by atoms with E-state index in [0.29, 0.717) is 24.3 Å². The van der Waals surface area contributed by atoms with Crippen LogP contribution in [0.1, 0.15) is 16.8 Å². The molecule has 0 fully saturated rings. The molecule has 8 heteroatoms. The fraction of sp³-hybridized carbons (Fsp3) is 0.227. The van der Waals surface area contributed by atoms with Crippen molar-refractivity contribution in [3.8, 4) is 5.75 Å². The highest BCUT2D eigenvalue weighted by molar-refractivity contribution is 6.10. The maximum atomic E-state index is 12.4. The van der Waals surface area contributed by atoms with Crippen LogP contribution in [-0.2, 0) is 16.1 Å². The van der Waals surface area contributed by atoms with E-state index in [4.69, 9.17) is 4.74 Å². The second-order valence-corrected chi connectivity index (χ2v) is 7.05. The van der Waals surface area contributed by atoms with Gasteiger partial charge in [0, 0.05) is 30.2 Å². The fourth-order valence-electron chi connectivity index (χ4n) is 3.53. The van der Waals surface area contributed by atoms with Gasteiger partial charge in [0.1, 0.15) is 11.8 Å². The van der Waals surface area contributed by atoms with Gasteiger partial charge in [0.2, 0.25) is 11.8 Å². The number of fused-ring (bicyclic) bond motifs is 2. The van der Waals surface area contributed by atoms with Crippen LogP contribution >= 0.6 is 0 Å². The number of aromatic nitrogens is 1. The van der Waals surface area contributed by atoms with Gasteiger partial charge in [-0.05, 0) is 36.4 Å². The van der Waals surface area contributed by atoms with Gasteiger partial charge in [-0.15, -0.1) is 0 Å². The summed E-state index contributed by atoms with van der Waals surface area (Å²) in [5, 5.41) is 9.20. The number of rotatable bonds is 6. The van der Waals surface area contributed by atoms with Crippen LogP contribution in [0.25, 0.3) is 10.9 Å². The van der Waals surface area contributed by atoms with Gasteiger partial charge < -0.3 is 25.3 Å². The Balaban J connectivity index is 1.33. The van der Waals surface area contributed by atoms with Crippen molar-refractivity contribution < 1.29 is 19.1 Å². The Hall–Kier alpha value is -3.81. The van der Waals surface area contributed by atoms with E-state index in [1.54, 1.807) is 31.4 Å². The number of ether oxygens (including phenoxy) is 1. The molecule has 0 unspecified atom stereocenters. The zero-order valence-electron chi connectivity index (χ0n) is 16.5. The Morgan fingerprint density at radius 2 is 2.00 bits per heavy atom. The van der Waals surface area contributed by atoms with E-state index in [1.807, 2.05) is 35.0 Å². The van der Waals surface area contributed by atoms with E-state index in [1.165, 1.54) is 0 Å². The van der Waals surface area contributed by atoms with Crippen molar-refractivity contribution in [1.82, 2.24) is 15.2 Å². The van der Waals surface area contributed by atoms with Gasteiger partial charge in [0.05, 0.1) is 24.8 Å². The van der Waals surface area contributed by atoms with Crippen molar-refractivity contribution in [1.29, 1.82) is 0 Å². The third-order valence-electron chi connectivity index (χ3n) is 5.09. The van der Waals surface area contributed by atoms with Gasteiger partial charge in [0.25, 0.3) is 5.91 Å². The van der Waals surface area contributed by atoms with Gasteiger partial charge in [-0.1, -0.05) is 12.1 Å². The van der Waals surface area contributed by atoms with Crippen LogP contribution in [0.4, 0.5) is 5.69 Å². The van der Waals surface area contributed by atoms with Gasteiger partial charge >= 0.3 is 0 Å². The first-order chi connectivity index (χ1) is 14.5. The molecule has 1 aromatic heterocycles. The topological polar surface area (TPSA) is 101 Å². The van der Waals surface area contributed by atoms with E-state index in [2.05, 4.69) is 16.0 Å². The standard InChI is InChI=1S/C22H22N4O4/c1-30-15-6-7-19-14(12-15)8-10-26(19)11-9-23-20(27)13-18-22(29)24-17-5-3-2-4-16(17)21(28)25-18/h2-8,10,12,18H,9,11,13H2,1H3,(H,23,27)(H,24,29)(H,25,28)/t18-/m1/s1. The summed E-state index contributed by atoms with van der Waals surface area (Å²) in [6, 6.07) is 13.6. The van der Waals surface area contributed by atoms with Crippen LogP contribution in [0.5, 0.6) is 5.75 Å². The Morgan fingerprint density at radius 3 is 2.83 bits per heavy atom. The fourth-order valence-corrected chi connectivity index (χ4v) is 3.53. The van der Waals surface area contributed by atoms with Gasteiger partial charge in [0.15, 0.2) is 0 Å². The average molecular weight is 406 g/mol. The van der Waals surface area contributed by atoms with E-state index >= 15 is 0 Å². The number of benzene rings is 2. The molecule has 30 heavy (non-hydrogen) atoms. The molecule has 0 bridgehead atoms. The Kier molecular flexibility index (Phi) is 5.38. The molecule has 3 aromatic rings. The molecule has 8 nitrogen and oxygen atoms in total. The molecular formula is C22H22N4O4. The SMILES string of the molecule is COc1ccc2c(ccn2CCNC(=O)C[C@H]2NC(=O)c3ccccc3NC2=O)c1. The highest BCUT2D eigenvalue weighted by atomic mass is 16.5. The number of nitrogens with zero attached hydrogens (tertiary/aromatic N) is 1. The molecule has 0 spiro atoms. The summed E-state index contributed by atoms with van der Waals surface area (Å²) in [4.78, 5) is 37.1. The first-order valence-electron chi connectivity index (χ1n) is 9.65. The molecule has 1 aliphatic heterocycles. The van der Waals surface area contributed by atoms with Crippen LogP contribution in [-0.4, -0.2) is 42.0 Å². The summed E-state index contributed by atoms with van der Waals surface area (Å²) < 4.78 is 7.27. The van der Waals surface area contributed by atoms with Gasteiger partial charge in [-0.25, -0.2) is 0 Å². The van der Waals surface area contributed by atoms with Crippen molar-refractivity contribution in [2.45, 2.75) is 19.0 Å². The van der Waals surface area contributed by atoms with Crippen molar-refractivity contribution in [2.24, 2.45) is 0 Å². The van der Waals surface area contributed by atoms with Crippen molar-refractivity contribution >= 4 is 34.3 Å². The third-order valence-corrected chi connectivity index (χ3v) is 5.09. The smallest absolute Gasteiger partial charge is 0.254 e. The van der Waals surface area contributed by atoms with Gasteiger partial charge in [-0.2, -0.15) is 0 Å². The first kappa shape index (κ1) is 19.5. The van der Waals surface area contributed by atoms with Crippen LogP contribution in [0, 0.1) is 0 Å². The lowest BCUT2D eigenvalue weighted by molar-refractivity contribution is -0.125. The largest absolute Gasteiger partial charge is 0.497 e. The number of hydrogen-bond donors (Lipinski definition) is 3. The van der Waals surface area contributed by atoms with Crippen molar-refractivity contribution in [2.75, 3.05) is 19.0 Å². The quantitative estimate of drug-likeness (QED) is 0.582. The summed E-state index contributed by atoms with van der Waals surface area (Å²) in [5.74, 6) is -0.302. The molecular weight excluding hydrogens is 384 g/mol. The molecule has 0 saturated carbocycles.